The van der Waals surface area contributed by atoms with Crippen LogP contribution < -0.4 is 0 Å². The lowest BCUT2D eigenvalue weighted by atomic mass is 9.92. The van der Waals surface area contributed by atoms with E-state index in [1.54, 1.807) is 12.1 Å². The third kappa shape index (κ3) is 4.81. The molecule has 0 heterocycles. The Morgan fingerprint density at radius 1 is 1.35 bits per heavy atom. The highest BCUT2D eigenvalue weighted by Crippen LogP contribution is 2.28. The minimum absolute atomic E-state index is 0.0825. The van der Waals surface area contributed by atoms with Gasteiger partial charge in [-0.2, -0.15) is 0 Å². The van der Waals surface area contributed by atoms with E-state index in [9.17, 15) is 10.1 Å². The molecule has 0 unspecified atom stereocenters. The Morgan fingerprint density at radius 2 is 1.95 bits per heavy atom. The Morgan fingerprint density at radius 3 is 2.45 bits per heavy atom. The van der Waals surface area contributed by atoms with Crippen molar-refractivity contribution in [2.45, 2.75) is 40.3 Å². The van der Waals surface area contributed by atoms with Gasteiger partial charge in [0.15, 0.2) is 0 Å². The number of nitrogens with zero attached hydrogens (tertiary/aromatic N) is 1. The van der Waals surface area contributed by atoms with Gasteiger partial charge in [0, 0.05) is 23.5 Å². The van der Waals surface area contributed by atoms with E-state index in [-0.39, 0.29) is 16.0 Å². The van der Waals surface area contributed by atoms with Crippen LogP contribution in [0.15, 0.2) is 36.1 Å². The highest BCUT2D eigenvalue weighted by Gasteiger charge is 2.20. The summed E-state index contributed by atoms with van der Waals surface area (Å²) < 4.78 is 5.97. The monoisotopic (exact) mass is 293 g/mol. The molecule has 20 heavy (non-hydrogen) atoms. The molecule has 0 fully saturated rings. The SMILES string of the molecule is C[SiH](C)OC(=CCc1ccccc1[N+](=O)[O-])C(C)(C)C. The van der Waals surface area contributed by atoms with Crippen molar-refractivity contribution in [2.24, 2.45) is 5.41 Å². The normalized spacial score (nSPS) is 12.6. The topological polar surface area (TPSA) is 52.4 Å². The number of nitro groups is 1. The smallest absolute Gasteiger partial charge is 0.272 e. The number of nitro benzene ring substituents is 1. The van der Waals surface area contributed by atoms with E-state index < -0.39 is 9.04 Å². The van der Waals surface area contributed by atoms with E-state index in [1.807, 2.05) is 12.1 Å². The predicted octanol–water partition coefficient (Wildman–Crippen LogP) is 4.07. The lowest BCUT2D eigenvalue weighted by Gasteiger charge is -2.26. The molecule has 0 aliphatic heterocycles. The van der Waals surface area contributed by atoms with Crippen LogP contribution in [0.1, 0.15) is 26.3 Å². The van der Waals surface area contributed by atoms with Gasteiger partial charge in [0.2, 0.25) is 9.04 Å². The van der Waals surface area contributed by atoms with Crippen LogP contribution in [-0.2, 0) is 10.8 Å². The molecule has 0 atom stereocenters. The van der Waals surface area contributed by atoms with Crippen molar-refractivity contribution in [3.63, 3.8) is 0 Å². The number of rotatable bonds is 5. The van der Waals surface area contributed by atoms with E-state index >= 15 is 0 Å². The Kier molecular flexibility index (Phi) is 5.50. The second kappa shape index (κ2) is 6.70. The van der Waals surface area contributed by atoms with Crippen molar-refractivity contribution in [3.05, 3.63) is 51.8 Å². The zero-order chi connectivity index (χ0) is 15.3. The number of para-hydroxylation sites is 1. The molecule has 0 amide bonds. The fraction of sp³-hybridized carbons (Fsp3) is 0.467. The molecule has 0 aromatic heterocycles. The summed E-state index contributed by atoms with van der Waals surface area (Å²) in [5, 5.41) is 11.0. The number of allylic oxidation sites excluding steroid dienone is 2. The van der Waals surface area contributed by atoms with Gasteiger partial charge in [-0.05, 0) is 19.2 Å². The number of benzene rings is 1. The Bertz CT molecular complexity index is 504. The van der Waals surface area contributed by atoms with Crippen molar-refractivity contribution in [1.29, 1.82) is 0 Å². The summed E-state index contributed by atoms with van der Waals surface area (Å²) in [5.41, 5.74) is 0.799. The third-order valence-electron chi connectivity index (χ3n) is 2.80. The summed E-state index contributed by atoms with van der Waals surface area (Å²) in [4.78, 5) is 10.7. The molecule has 110 valence electrons. The molecule has 5 heteroatoms. The first-order chi connectivity index (χ1) is 9.21. The van der Waals surface area contributed by atoms with Crippen LogP contribution in [0.4, 0.5) is 5.69 Å². The lowest BCUT2D eigenvalue weighted by molar-refractivity contribution is -0.385. The molecule has 0 saturated carbocycles. The van der Waals surface area contributed by atoms with Crippen molar-refractivity contribution >= 4 is 14.7 Å². The van der Waals surface area contributed by atoms with Crippen molar-refractivity contribution in [2.75, 3.05) is 0 Å². The highest BCUT2D eigenvalue weighted by atomic mass is 28.3. The molecule has 0 spiro atoms. The molecular weight excluding hydrogens is 270 g/mol. The molecule has 0 radical (unpaired) electrons. The first-order valence-electron chi connectivity index (χ1n) is 6.81. The van der Waals surface area contributed by atoms with Gasteiger partial charge in [-0.25, -0.2) is 0 Å². The molecule has 0 N–H and O–H groups in total. The summed E-state index contributed by atoms with van der Waals surface area (Å²) >= 11 is 0. The lowest BCUT2D eigenvalue weighted by Crippen LogP contribution is -2.18. The van der Waals surface area contributed by atoms with Crippen LogP contribution in [0, 0.1) is 15.5 Å². The third-order valence-corrected chi connectivity index (χ3v) is 3.52. The van der Waals surface area contributed by atoms with Gasteiger partial charge in [-0.1, -0.05) is 39.0 Å². The minimum Gasteiger partial charge on any atom is -0.550 e. The second-order valence-electron chi connectivity index (χ2n) is 6.07. The van der Waals surface area contributed by atoms with Crippen LogP contribution >= 0.6 is 0 Å². The molecule has 1 aromatic rings. The van der Waals surface area contributed by atoms with Gasteiger partial charge in [-0.15, -0.1) is 0 Å². The zero-order valence-corrected chi connectivity index (χ0v) is 14.0. The van der Waals surface area contributed by atoms with Crippen LogP contribution in [0.25, 0.3) is 0 Å². The minimum atomic E-state index is -1.19. The average molecular weight is 293 g/mol. The van der Waals surface area contributed by atoms with E-state index in [2.05, 4.69) is 33.9 Å². The Hall–Kier alpha value is -1.62. The summed E-state index contributed by atoms with van der Waals surface area (Å²) in [7, 11) is -1.19. The molecule has 0 bridgehead atoms. The first kappa shape index (κ1) is 16.4. The summed E-state index contributed by atoms with van der Waals surface area (Å²) in [6.07, 6.45) is 2.50. The molecule has 4 nitrogen and oxygen atoms in total. The average Bonchev–Trinajstić information content (AvgIpc) is 2.33. The van der Waals surface area contributed by atoms with Crippen molar-refractivity contribution in [3.8, 4) is 0 Å². The van der Waals surface area contributed by atoms with Crippen LogP contribution in [0.5, 0.6) is 0 Å². The Labute approximate surface area is 122 Å². The van der Waals surface area contributed by atoms with E-state index in [0.29, 0.717) is 12.0 Å². The maximum atomic E-state index is 11.0. The van der Waals surface area contributed by atoms with Crippen molar-refractivity contribution < 1.29 is 9.35 Å². The standard InChI is InChI=1S/C15H23NO3Si/c1-15(2,3)14(19-20(4)5)11-10-12-8-6-7-9-13(12)16(17)18/h6-9,11,20H,10H2,1-5H3. The zero-order valence-electron chi connectivity index (χ0n) is 12.8. The van der Waals surface area contributed by atoms with Gasteiger partial charge in [0.05, 0.1) is 10.7 Å². The maximum Gasteiger partial charge on any atom is 0.272 e. The largest absolute Gasteiger partial charge is 0.550 e. The van der Waals surface area contributed by atoms with Gasteiger partial charge < -0.3 is 4.43 Å². The molecular formula is C15H23NO3Si. The van der Waals surface area contributed by atoms with Crippen LogP contribution in [0.2, 0.25) is 13.1 Å². The predicted molar refractivity (Wildman–Crippen MR) is 84.3 cm³/mol. The quantitative estimate of drug-likeness (QED) is 0.356. The second-order valence-corrected chi connectivity index (χ2v) is 8.41. The molecule has 0 aliphatic rings. The first-order valence-corrected chi connectivity index (χ1v) is 9.59. The highest BCUT2D eigenvalue weighted by molar-refractivity contribution is 6.48. The van der Waals surface area contributed by atoms with E-state index in [0.717, 1.165) is 5.76 Å². The molecule has 1 rings (SSSR count). The van der Waals surface area contributed by atoms with E-state index in [4.69, 9.17) is 4.43 Å². The summed E-state index contributed by atoms with van der Waals surface area (Å²) in [6, 6.07) is 6.85. The molecule has 0 saturated heterocycles. The van der Waals surface area contributed by atoms with Crippen molar-refractivity contribution in [1.82, 2.24) is 0 Å². The summed E-state index contributed by atoms with van der Waals surface area (Å²) in [5.74, 6) is 0.928. The van der Waals surface area contributed by atoms with Crippen LogP contribution in [-0.4, -0.2) is 14.0 Å². The van der Waals surface area contributed by atoms with E-state index in [1.165, 1.54) is 6.07 Å². The molecule has 0 aliphatic carbocycles. The van der Waals surface area contributed by atoms with Gasteiger partial charge >= 0.3 is 0 Å². The van der Waals surface area contributed by atoms with Gasteiger partial charge in [0.1, 0.15) is 0 Å². The number of hydrogen-bond donors (Lipinski definition) is 0. The fourth-order valence-corrected chi connectivity index (χ4v) is 2.81. The fourth-order valence-electron chi connectivity index (χ4n) is 1.85. The molecule has 1 aromatic carbocycles. The summed E-state index contributed by atoms with van der Waals surface area (Å²) in [6.45, 7) is 10.5. The maximum absolute atomic E-state index is 11.0. The number of hydrogen-bond acceptors (Lipinski definition) is 3. The van der Waals surface area contributed by atoms with Gasteiger partial charge in [0.25, 0.3) is 5.69 Å². The Balaban J connectivity index is 3.01. The van der Waals surface area contributed by atoms with Crippen LogP contribution in [0.3, 0.4) is 0 Å². The van der Waals surface area contributed by atoms with Gasteiger partial charge in [-0.3, -0.25) is 10.1 Å².